The van der Waals surface area contributed by atoms with Gasteiger partial charge in [0.2, 0.25) is 0 Å². The van der Waals surface area contributed by atoms with Gasteiger partial charge in [0, 0.05) is 21.9 Å². The lowest BCUT2D eigenvalue weighted by atomic mass is 9.95. The number of nitrogens with zero attached hydrogens (tertiary/aromatic N) is 1. The first kappa shape index (κ1) is 16.6. The minimum atomic E-state index is -3.72. The third-order valence-corrected chi connectivity index (χ3v) is 7.63. The molecule has 0 amide bonds. The van der Waals surface area contributed by atoms with Gasteiger partial charge >= 0.3 is 0 Å². The molecule has 4 nitrogen and oxygen atoms in total. The number of hydrogen-bond acceptors (Lipinski definition) is 3. The number of aromatic nitrogens is 1. The molecule has 5 aromatic rings. The van der Waals surface area contributed by atoms with Crippen LogP contribution in [0.3, 0.4) is 0 Å². The molecule has 0 saturated heterocycles. The number of fused-ring (bicyclic) bond motifs is 7. The Morgan fingerprint density at radius 3 is 2.52 bits per heavy atom. The summed E-state index contributed by atoms with van der Waals surface area (Å²) in [6.45, 7) is 1.99. The topological polar surface area (TPSA) is 48.3 Å². The highest BCUT2D eigenvalue weighted by Gasteiger charge is 2.33. The molecule has 0 aliphatic carbocycles. The van der Waals surface area contributed by atoms with E-state index in [9.17, 15) is 8.42 Å². The summed E-state index contributed by atoms with van der Waals surface area (Å²) in [6.07, 6.45) is 0. The molecular weight excluding hydrogens is 382 g/mol. The average molecular weight is 399 g/mol. The van der Waals surface area contributed by atoms with Crippen molar-refractivity contribution in [1.29, 1.82) is 0 Å². The van der Waals surface area contributed by atoms with Gasteiger partial charge in [-0.3, -0.25) is 0 Å². The summed E-state index contributed by atoms with van der Waals surface area (Å²) in [7, 11) is -2.10. The normalized spacial score (nSPS) is 14.4. The molecule has 1 aromatic heterocycles. The first-order valence-electron chi connectivity index (χ1n) is 9.41. The van der Waals surface area contributed by atoms with Crippen LogP contribution in [0.4, 0.5) is 0 Å². The van der Waals surface area contributed by atoms with Gasteiger partial charge in [-0.25, -0.2) is 12.4 Å². The van der Waals surface area contributed by atoms with E-state index >= 15 is 0 Å². The lowest BCUT2D eigenvalue weighted by molar-refractivity contribution is 0.415. The van der Waals surface area contributed by atoms with Crippen molar-refractivity contribution in [3.05, 3.63) is 72.3 Å². The molecule has 29 heavy (non-hydrogen) atoms. The van der Waals surface area contributed by atoms with Crippen LogP contribution in [0.1, 0.15) is 5.56 Å². The van der Waals surface area contributed by atoms with E-state index in [0.717, 1.165) is 43.8 Å². The molecule has 0 fully saturated rings. The zero-order valence-corrected chi connectivity index (χ0v) is 16.7. The second kappa shape index (κ2) is 5.39. The maximum atomic E-state index is 13.7. The van der Waals surface area contributed by atoms with E-state index in [0.29, 0.717) is 16.2 Å². The number of aryl methyl sites for hydroxylation is 1. The molecule has 0 atom stereocenters. The maximum absolute atomic E-state index is 13.7. The van der Waals surface area contributed by atoms with Crippen LogP contribution in [0.25, 0.3) is 43.7 Å². The highest BCUT2D eigenvalue weighted by Crippen LogP contribution is 2.48. The molecule has 0 radical (unpaired) electrons. The van der Waals surface area contributed by atoms with E-state index in [2.05, 4.69) is 18.2 Å². The van der Waals surface area contributed by atoms with E-state index in [4.69, 9.17) is 4.74 Å². The van der Waals surface area contributed by atoms with Gasteiger partial charge in [0.15, 0.2) is 0 Å². The lowest BCUT2D eigenvalue weighted by Gasteiger charge is -2.21. The van der Waals surface area contributed by atoms with Crippen LogP contribution in [0.2, 0.25) is 0 Å². The Hall–Kier alpha value is -3.31. The molecule has 0 unspecified atom stereocenters. The second-order valence-corrected chi connectivity index (χ2v) is 9.28. The number of hydrogen-bond donors (Lipinski definition) is 0. The van der Waals surface area contributed by atoms with E-state index in [1.807, 2.05) is 49.4 Å². The monoisotopic (exact) mass is 399 g/mol. The molecule has 5 heteroatoms. The average Bonchev–Trinajstić information content (AvgIpc) is 3.07. The molecular formula is C24H17NO3S. The van der Waals surface area contributed by atoms with Crippen LogP contribution in [-0.4, -0.2) is 19.5 Å². The fourth-order valence-electron chi connectivity index (χ4n) is 4.59. The fraction of sp³-hybridized carbons (Fsp3) is 0.0833. The van der Waals surface area contributed by atoms with E-state index in [-0.39, 0.29) is 0 Å². The third kappa shape index (κ3) is 2.00. The number of ether oxygens (including phenoxy) is 1. The molecule has 0 saturated carbocycles. The zero-order chi connectivity index (χ0) is 19.9. The Bertz CT molecular complexity index is 1610. The van der Waals surface area contributed by atoms with Crippen molar-refractivity contribution in [2.75, 3.05) is 7.11 Å². The van der Waals surface area contributed by atoms with Crippen LogP contribution in [0.5, 0.6) is 5.75 Å². The molecule has 0 spiro atoms. The van der Waals surface area contributed by atoms with E-state index in [1.165, 1.54) is 3.97 Å². The molecule has 4 aromatic carbocycles. The van der Waals surface area contributed by atoms with Gasteiger partial charge < -0.3 is 4.74 Å². The van der Waals surface area contributed by atoms with Crippen molar-refractivity contribution in [2.24, 2.45) is 0 Å². The Morgan fingerprint density at radius 2 is 1.69 bits per heavy atom. The van der Waals surface area contributed by atoms with Crippen molar-refractivity contribution < 1.29 is 13.2 Å². The smallest absolute Gasteiger partial charge is 0.269 e. The van der Waals surface area contributed by atoms with Crippen LogP contribution in [-0.2, 0) is 10.0 Å². The lowest BCUT2D eigenvalue weighted by Crippen LogP contribution is -2.18. The minimum absolute atomic E-state index is 0.348. The molecule has 142 valence electrons. The Morgan fingerprint density at radius 1 is 0.862 bits per heavy atom. The first-order chi connectivity index (χ1) is 14.0. The van der Waals surface area contributed by atoms with Crippen LogP contribution in [0.15, 0.2) is 71.6 Å². The summed E-state index contributed by atoms with van der Waals surface area (Å²) < 4.78 is 34.3. The van der Waals surface area contributed by atoms with Gasteiger partial charge in [-0.15, -0.1) is 0 Å². The summed E-state index contributed by atoms with van der Waals surface area (Å²) in [6, 6.07) is 21.4. The van der Waals surface area contributed by atoms with E-state index < -0.39 is 10.0 Å². The van der Waals surface area contributed by atoms with Crippen LogP contribution < -0.4 is 4.74 Å². The Labute approximate surface area is 168 Å². The van der Waals surface area contributed by atoms with Gasteiger partial charge in [-0.05, 0) is 54.1 Å². The van der Waals surface area contributed by atoms with Gasteiger partial charge in [-0.1, -0.05) is 35.9 Å². The van der Waals surface area contributed by atoms with Gasteiger partial charge in [0.25, 0.3) is 10.0 Å². The molecule has 2 heterocycles. The largest absolute Gasteiger partial charge is 0.497 e. The molecule has 1 aliphatic rings. The summed E-state index contributed by atoms with van der Waals surface area (Å²) in [5.41, 5.74) is 4.16. The predicted octanol–water partition coefficient (Wildman–Crippen LogP) is 5.48. The van der Waals surface area contributed by atoms with Crippen LogP contribution >= 0.6 is 0 Å². The third-order valence-electron chi connectivity index (χ3n) is 5.86. The quantitative estimate of drug-likeness (QED) is 0.368. The highest BCUT2D eigenvalue weighted by molar-refractivity contribution is 7.90. The minimum Gasteiger partial charge on any atom is -0.497 e. The second-order valence-electron chi connectivity index (χ2n) is 7.52. The van der Waals surface area contributed by atoms with Crippen molar-refractivity contribution in [3.8, 4) is 16.9 Å². The molecule has 0 N–H and O–H groups in total. The number of rotatable bonds is 1. The highest BCUT2D eigenvalue weighted by atomic mass is 32.2. The Balaban J connectivity index is 1.99. The molecule has 0 bridgehead atoms. The van der Waals surface area contributed by atoms with Crippen molar-refractivity contribution in [3.63, 3.8) is 0 Å². The summed E-state index contributed by atoms with van der Waals surface area (Å²) in [5.74, 6) is 0.705. The summed E-state index contributed by atoms with van der Waals surface area (Å²) in [4.78, 5) is 0.348. The Kier molecular flexibility index (Phi) is 3.09. The van der Waals surface area contributed by atoms with Gasteiger partial charge in [0.1, 0.15) is 5.75 Å². The maximum Gasteiger partial charge on any atom is 0.269 e. The van der Waals surface area contributed by atoms with E-state index in [1.54, 1.807) is 13.2 Å². The van der Waals surface area contributed by atoms with Crippen molar-refractivity contribution >= 4 is 42.6 Å². The zero-order valence-electron chi connectivity index (χ0n) is 15.9. The van der Waals surface area contributed by atoms with Gasteiger partial charge in [-0.2, -0.15) is 0 Å². The molecule has 1 aliphatic heterocycles. The van der Waals surface area contributed by atoms with Crippen molar-refractivity contribution in [2.45, 2.75) is 11.8 Å². The summed E-state index contributed by atoms with van der Waals surface area (Å²) >= 11 is 0. The van der Waals surface area contributed by atoms with Crippen LogP contribution in [0, 0.1) is 6.92 Å². The summed E-state index contributed by atoms with van der Waals surface area (Å²) in [5, 5.41) is 3.95. The first-order valence-corrected chi connectivity index (χ1v) is 10.9. The number of methoxy groups -OCH3 is 1. The predicted molar refractivity (Wildman–Crippen MR) is 116 cm³/mol. The van der Waals surface area contributed by atoms with Crippen molar-refractivity contribution in [1.82, 2.24) is 3.97 Å². The molecule has 6 rings (SSSR count). The standard InChI is InChI=1S/C24H17NO3S/c1-14-7-10-22-18(11-14)19-12-15-5-3-4-6-17(15)23-20-13-16(28-2)8-9-21(20)25(24(19)23)29(22,26)27/h3-13H,1-2H3. The fourth-order valence-corrected chi connectivity index (χ4v) is 6.32. The SMILES string of the molecule is COc1ccc2c(c1)c1c3ccccc3cc3c1n2S(=O)(=O)c1ccc(C)cc1-3. The number of benzene rings is 4. The van der Waals surface area contributed by atoms with Gasteiger partial charge in [0.05, 0.1) is 23.0 Å².